The minimum absolute atomic E-state index is 0.557. The summed E-state index contributed by atoms with van der Waals surface area (Å²) in [6.07, 6.45) is 0. The Morgan fingerprint density at radius 3 is 2.12 bits per heavy atom. The zero-order valence-electron chi connectivity index (χ0n) is 5.05. The highest BCUT2D eigenvalue weighted by Crippen LogP contribution is 1.86. The van der Waals surface area contributed by atoms with Crippen LogP contribution in [0.2, 0.25) is 6.04 Å². The smallest absolute Gasteiger partial charge is 0.165 e. The third-order valence-corrected chi connectivity index (χ3v) is 2.22. The van der Waals surface area contributed by atoms with Gasteiger partial charge in [0.2, 0.25) is 0 Å². The van der Waals surface area contributed by atoms with E-state index in [9.17, 15) is 0 Å². The summed E-state index contributed by atoms with van der Waals surface area (Å²) in [4.78, 5) is 0. The highest BCUT2D eigenvalue weighted by Gasteiger charge is 2.09. The van der Waals surface area contributed by atoms with Crippen LogP contribution in [-0.4, -0.2) is 22.7 Å². The van der Waals surface area contributed by atoms with Gasteiger partial charge in [-0.1, -0.05) is 0 Å². The second-order valence-corrected chi connectivity index (χ2v) is 3.34. The maximum absolute atomic E-state index is 5.23. The highest BCUT2D eigenvalue weighted by molar-refractivity contribution is 6.27. The SMILES string of the molecule is CO[SiH2]CC(N)(N)N. The Labute approximate surface area is 51.3 Å². The van der Waals surface area contributed by atoms with Crippen LogP contribution in [0, 0.1) is 0 Å². The molecule has 5 heteroatoms. The molecule has 0 aliphatic carbocycles. The van der Waals surface area contributed by atoms with Gasteiger partial charge in [-0.25, -0.2) is 0 Å². The maximum atomic E-state index is 5.23. The molecular formula is C3H13N3OSi. The molecule has 0 aliphatic heterocycles. The molecule has 8 heavy (non-hydrogen) atoms. The second kappa shape index (κ2) is 3.16. The summed E-state index contributed by atoms with van der Waals surface area (Å²) in [6, 6.07) is 0.615. The van der Waals surface area contributed by atoms with Gasteiger partial charge >= 0.3 is 0 Å². The van der Waals surface area contributed by atoms with Crippen LogP contribution in [0.5, 0.6) is 0 Å². The van der Waals surface area contributed by atoms with Crippen molar-refractivity contribution in [1.82, 2.24) is 0 Å². The van der Waals surface area contributed by atoms with E-state index in [1.807, 2.05) is 0 Å². The standard InChI is InChI=1S/C3H13N3OSi/c1-7-8-2-3(4,5)6/h2,4-6,8H2,1H3. The molecule has 0 spiro atoms. The molecule has 0 aliphatic rings. The van der Waals surface area contributed by atoms with Gasteiger partial charge in [0.1, 0.15) is 5.79 Å². The van der Waals surface area contributed by atoms with Crippen molar-refractivity contribution in [3.8, 4) is 0 Å². The minimum atomic E-state index is -1.01. The number of hydrogen-bond donors (Lipinski definition) is 3. The Hall–Kier alpha value is 0.0569. The van der Waals surface area contributed by atoms with Gasteiger partial charge in [-0.05, 0) is 0 Å². The predicted octanol–water partition coefficient (Wildman–Crippen LogP) is -2.34. The molecule has 0 aromatic carbocycles. The highest BCUT2D eigenvalue weighted by atomic mass is 28.2. The largest absolute Gasteiger partial charge is 0.427 e. The molecule has 6 N–H and O–H groups in total. The molecule has 0 bridgehead atoms. The van der Waals surface area contributed by atoms with E-state index in [2.05, 4.69) is 0 Å². The lowest BCUT2D eigenvalue weighted by molar-refractivity contribution is 0.416. The first kappa shape index (κ1) is 8.06. The molecule has 0 radical (unpaired) electrons. The fourth-order valence-electron chi connectivity index (χ4n) is 0.279. The molecule has 0 rings (SSSR count). The minimum Gasteiger partial charge on any atom is -0.427 e. The molecule has 50 valence electrons. The molecular weight excluding hydrogens is 122 g/mol. The summed E-state index contributed by atoms with van der Waals surface area (Å²) in [5, 5.41) is 0. The van der Waals surface area contributed by atoms with Crippen LogP contribution in [0.25, 0.3) is 0 Å². The Balaban J connectivity index is 3.11. The van der Waals surface area contributed by atoms with Gasteiger partial charge in [0.15, 0.2) is 9.76 Å². The predicted molar refractivity (Wildman–Crippen MR) is 35.7 cm³/mol. The fourth-order valence-corrected chi connectivity index (χ4v) is 0.837. The summed E-state index contributed by atoms with van der Waals surface area (Å²) in [5.74, 6) is -1.01. The Bertz CT molecular complexity index is 62.0. The topological polar surface area (TPSA) is 87.3 Å². The molecule has 0 fully saturated rings. The lowest BCUT2D eigenvalue weighted by atomic mass is 10.5. The average molecular weight is 135 g/mol. The van der Waals surface area contributed by atoms with Gasteiger partial charge < -0.3 is 21.6 Å². The molecule has 0 atom stereocenters. The zero-order valence-corrected chi connectivity index (χ0v) is 6.47. The van der Waals surface area contributed by atoms with E-state index in [0.29, 0.717) is 6.04 Å². The van der Waals surface area contributed by atoms with Gasteiger partial charge in [-0.2, -0.15) is 0 Å². The van der Waals surface area contributed by atoms with Crippen LogP contribution in [-0.2, 0) is 4.43 Å². The average Bonchev–Trinajstić information content (AvgIpc) is 1.59. The van der Waals surface area contributed by atoms with Crippen molar-refractivity contribution in [2.75, 3.05) is 7.11 Å². The van der Waals surface area contributed by atoms with Crippen LogP contribution in [0.4, 0.5) is 0 Å². The Morgan fingerprint density at radius 2 is 2.00 bits per heavy atom. The summed E-state index contributed by atoms with van der Waals surface area (Å²) in [5.41, 5.74) is 15.7. The number of rotatable bonds is 3. The maximum Gasteiger partial charge on any atom is 0.165 e. The lowest BCUT2D eigenvalue weighted by Crippen LogP contribution is -2.58. The second-order valence-electron chi connectivity index (χ2n) is 1.86. The van der Waals surface area contributed by atoms with Crippen LogP contribution in [0.1, 0.15) is 0 Å². The van der Waals surface area contributed by atoms with Crippen molar-refractivity contribution in [3.05, 3.63) is 0 Å². The van der Waals surface area contributed by atoms with Gasteiger partial charge in [0.05, 0.1) is 0 Å². The van der Waals surface area contributed by atoms with Crippen molar-refractivity contribution in [3.63, 3.8) is 0 Å². The molecule has 0 unspecified atom stereocenters. The molecule has 4 nitrogen and oxygen atoms in total. The third-order valence-electron chi connectivity index (χ3n) is 0.739. The summed E-state index contributed by atoms with van der Waals surface area (Å²) < 4.78 is 4.82. The van der Waals surface area contributed by atoms with E-state index < -0.39 is 15.5 Å². The zero-order chi connectivity index (χ0) is 6.62. The first-order valence-corrected chi connectivity index (χ1v) is 3.99. The molecule has 0 amide bonds. The van der Waals surface area contributed by atoms with Crippen molar-refractivity contribution in [1.29, 1.82) is 0 Å². The van der Waals surface area contributed by atoms with E-state index in [4.69, 9.17) is 21.6 Å². The monoisotopic (exact) mass is 135 g/mol. The normalized spacial score (nSPS) is 13.5. The van der Waals surface area contributed by atoms with Crippen molar-refractivity contribution in [2.45, 2.75) is 11.8 Å². The molecule has 0 aromatic heterocycles. The lowest BCUT2D eigenvalue weighted by Gasteiger charge is -2.16. The van der Waals surface area contributed by atoms with Crippen LogP contribution < -0.4 is 17.2 Å². The Kier molecular flexibility index (Phi) is 3.18. The molecule has 0 saturated carbocycles. The number of hydrogen-bond acceptors (Lipinski definition) is 4. The molecule has 0 saturated heterocycles. The van der Waals surface area contributed by atoms with Crippen LogP contribution in [0.3, 0.4) is 0 Å². The first-order chi connectivity index (χ1) is 3.56. The molecule has 0 aromatic rings. The van der Waals surface area contributed by atoms with Crippen LogP contribution >= 0.6 is 0 Å². The van der Waals surface area contributed by atoms with Crippen LogP contribution in [0.15, 0.2) is 0 Å². The Morgan fingerprint density at radius 1 is 1.50 bits per heavy atom. The van der Waals surface area contributed by atoms with Gasteiger partial charge in [-0.15, -0.1) is 0 Å². The first-order valence-electron chi connectivity index (χ1n) is 2.42. The van der Waals surface area contributed by atoms with Crippen molar-refractivity contribution >= 4 is 9.76 Å². The fraction of sp³-hybridized carbons (Fsp3) is 1.00. The van der Waals surface area contributed by atoms with E-state index >= 15 is 0 Å². The van der Waals surface area contributed by atoms with Gasteiger partial charge in [0.25, 0.3) is 0 Å². The van der Waals surface area contributed by atoms with Gasteiger partial charge in [0, 0.05) is 13.2 Å². The van der Waals surface area contributed by atoms with Crippen molar-refractivity contribution < 1.29 is 4.43 Å². The van der Waals surface area contributed by atoms with E-state index in [0.717, 1.165) is 0 Å². The number of nitrogens with two attached hydrogens (primary N) is 3. The van der Waals surface area contributed by atoms with E-state index in [1.165, 1.54) is 0 Å². The van der Waals surface area contributed by atoms with Gasteiger partial charge in [-0.3, -0.25) is 0 Å². The van der Waals surface area contributed by atoms with E-state index in [-0.39, 0.29) is 0 Å². The van der Waals surface area contributed by atoms with E-state index in [1.54, 1.807) is 7.11 Å². The van der Waals surface area contributed by atoms with Crippen molar-refractivity contribution in [2.24, 2.45) is 17.2 Å². The third kappa shape index (κ3) is 6.06. The summed E-state index contributed by atoms with van der Waals surface area (Å²) in [6.45, 7) is 0. The molecule has 0 heterocycles. The summed E-state index contributed by atoms with van der Waals surface area (Å²) >= 11 is 0. The summed E-state index contributed by atoms with van der Waals surface area (Å²) in [7, 11) is 1.08. The quantitative estimate of drug-likeness (QED) is 0.299.